The van der Waals surface area contributed by atoms with E-state index in [0.717, 1.165) is 82.3 Å². The Morgan fingerprint density at radius 1 is 0.789 bits per heavy atom. The zero-order valence-electron chi connectivity index (χ0n) is 22.2. The van der Waals surface area contributed by atoms with Crippen LogP contribution in [-0.2, 0) is 6.54 Å². The molecule has 206 valence electrons. The number of aliphatic hydroxyl groups is 3. The Morgan fingerprint density at radius 3 is 2.21 bits per heavy atom. The molecule has 2 heterocycles. The third kappa shape index (κ3) is 7.90. The third-order valence-electron chi connectivity index (χ3n) is 7.42. The summed E-state index contributed by atoms with van der Waals surface area (Å²) in [5, 5.41) is 38.5. The van der Waals surface area contributed by atoms with E-state index in [9.17, 15) is 15.5 Å². The summed E-state index contributed by atoms with van der Waals surface area (Å²) in [6.45, 7) is 8.60. The summed E-state index contributed by atoms with van der Waals surface area (Å²) in [7, 11) is 0. The van der Waals surface area contributed by atoms with E-state index in [1.165, 1.54) is 0 Å². The Labute approximate surface area is 226 Å². The molecule has 9 heteroatoms. The van der Waals surface area contributed by atoms with Crippen molar-refractivity contribution in [3.05, 3.63) is 59.7 Å². The van der Waals surface area contributed by atoms with Crippen molar-refractivity contribution >= 4 is 5.69 Å². The monoisotopic (exact) mass is 523 g/mol. The highest BCUT2D eigenvalue weighted by atomic mass is 16.5. The van der Waals surface area contributed by atoms with Crippen LogP contribution in [0.1, 0.15) is 17.5 Å². The minimum Gasteiger partial charge on any atom is -0.486 e. The van der Waals surface area contributed by atoms with Crippen LogP contribution in [0.3, 0.4) is 0 Å². The predicted octanol–water partition coefficient (Wildman–Crippen LogP) is 0.981. The van der Waals surface area contributed by atoms with E-state index in [2.05, 4.69) is 31.7 Å². The summed E-state index contributed by atoms with van der Waals surface area (Å²) in [6, 6.07) is 18.1. The summed E-state index contributed by atoms with van der Waals surface area (Å²) in [4.78, 5) is 9.19. The van der Waals surface area contributed by atoms with Crippen molar-refractivity contribution in [3.63, 3.8) is 0 Å². The first-order chi connectivity index (χ1) is 18.6. The van der Waals surface area contributed by atoms with E-state index in [1.54, 1.807) is 0 Å². The number of aliphatic hydroxyl groups excluding tert-OH is 3. The van der Waals surface area contributed by atoms with Gasteiger partial charge in [-0.3, -0.25) is 14.7 Å². The molecule has 0 amide bonds. The second-order valence-electron chi connectivity index (χ2n) is 10.2. The Kier molecular flexibility index (Phi) is 10.8. The van der Waals surface area contributed by atoms with Gasteiger partial charge in [-0.05, 0) is 37.7 Å². The fraction of sp³-hybridized carbons (Fsp3) is 0.552. The van der Waals surface area contributed by atoms with Gasteiger partial charge >= 0.3 is 0 Å². The zero-order chi connectivity index (χ0) is 26.7. The van der Waals surface area contributed by atoms with Gasteiger partial charge in [-0.25, -0.2) is 0 Å². The number of ether oxygens (including phenoxy) is 1. The number of hydrogen-bond donors (Lipinski definition) is 3. The molecule has 4 rings (SSSR count). The Balaban J connectivity index is 1.30. The molecule has 0 aromatic heterocycles. The van der Waals surface area contributed by atoms with Crippen LogP contribution >= 0.6 is 0 Å². The number of hydrogen-bond acceptors (Lipinski definition) is 9. The lowest BCUT2D eigenvalue weighted by atomic mass is 10.1. The number of piperazine rings is 1. The summed E-state index contributed by atoms with van der Waals surface area (Å²) in [5.74, 6) is 0.810. The van der Waals surface area contributed by atoms with Gasteiger partial charge in [0.15, 0.2) is 0 Å². The number of benzene rings is 2. The molecular weight excluding hydrogens is 482 g/mol. The smallest absolute Gasteiger partial charge is 0.134 e. The van der Waals surface area contributed by atoms with Crippen LogP contribution < -0.4 is 9.64 Å². The van der Waals surface area contributed by atoms with E-state index < -0.39 is 6.10 Å². The molecule has 0 bridgehead atoms. The predicted molar refractivity (Wildman–Crippen MR) is 147 cm³/mol. The molecule has 0 aliphatic carbocycles. The lowest BCUT2D eigenvalue weighted by molar-refractivity contribution is 0.0601. The summed E-state index contributed by atoms with van der Waals surface area (Å²) < 4.78 is 6.36. The van der Waals surface area contributed by atoms with Crippen LogP contribution in [0.4, 0.5) is 5.69 Å². The zero-order valence-corrected chi connectivity index (χ0v) is 22.2. The van der Waals surface area contributed by atoms with Crippen molar-refractivity contribution in [2.75, 3.05) is 83.6 Å². The van der Waals surface area contributed by atoms with Gasteiger partial charge in [0.1, 0.15) is 17.9 Å². The fourth-order valence-electron chi connectivity index (χ4n) is 5.33. The summed E-state index contributed by atoms with van der Waals surface area (Å²) >= 11 is 0. The number of anilines is 1. The number of rotatable bonds is 11. The first-order valence-electron chi connectivity index (χ1n) is 13.6. The molecule has 2 aliphatic heterocycles. The molecular formula is C29H41N5O4. The SMILES string of the molecule is N#Cc1ccccc1N1CCN(CC(CO)Oc2ccccc2CN2CCCN(CC(O)CO)CC2)CC1. The van der Waals surface area contributed by atoms with Gasteiger partial charge in [0.2, 0.25) is 0 Å². The minimum absolute atomic E-state index is 0.0579. The molecule has 0 spiro atoms. The van der Waals surface area contributed by atoms with Crippen LogP contribution in [0.5, 0.6) is 5.75 Å². The van der Waals surface area contributed by atoms with E-state index in [-0.39, 0.29) is 19.3 Å². The lowest BCUT2D eigenvalue weighted by Crippen LogP contribution is -2.50. The first kappa shape index (κ1) is 28.3. The van der Waals surface area contributed by atoms with Crippen molar-refractivity contribution in [1.82, 2.24) is 14.7 Å². The average molecular weight is 524 g/mol. The van der Waals surface area contributed by atoms with Gasteiger partial charge in [-0.1, -0.05) is 30.3 Å². The normalized spacial score (nSPS) is 19.5. The molecule has 2 unspecified atom stereocenters. The highest BCUT2D eigenvalue weighted by Crippen LogP contribution is 2.24. The van der Waals surface area contributed by atoms with Crippen molar-refractivity contribution < 1.29 is 20.1 Å². The third-order valence-corrected chi connectivity index (χ3v) is 7.42. The highest BCUT2D eigenvalue weighted by Gasteiger charge is 2.23. The number of β-amino-alcohol motifs (C(OH)–C–C–N with tert-alkyl or cyclic N) is 1. The van der Waals surface area contributed by atoms with E-state index >= 15 is 0 Å². The molecule has 2 aliphatic rings. The van der Waals surface area contributed by atoms with Crippen LogP contribution in [0.25, 0.3) is 0 Å². The standard InChI is InChI=1S/C29H41N5O4/c30-18-24-6-1-3-8-28(24)34-16-14-33(15-17-34)21-27(23-36)38-29-9-4-2-7-25(29)19-31-10-5-11-32(13-12-31)20-26(37)22-35/h1-4,6-9,26-27,35-37H,5,10-17,19-23H2. The van der Waals surface area contributed by atoms with Crippen LogP contribution in [-0.4, -0.2) is 121 Å². The molecule has 0 saturated carbocycles. The summed E-state index contributed by atoms with van der Waals surface area (Å²) in [5.41, 5.74) is 2.79. The van der Waals surface area contributed by atoms with Crippen LogP contribution in [0, 0.1) is 11.3 Å². The highest BCUT2D eigenvalue weighted by molar-refractivity contribution is 5.59. The van der Waals surface area contributed by atoms with Gasteiger partial charge < -0.3 is 25.0 Å². The quantitative estimate of drug-likeness (QED) is 0.397. The number of nitriles is 1. The summed E-state index contributed by atoms with van der Waals surface area (Å²) in [6.07, 6.45) is -0.0123. The minimum atomic E-state index is -0.692. The first-order valence-corrected chi connectivity index (χ1v) is 13.6. The van der Waals surface area contributed by atoms with E-state index in [1.807, 2.05) is 42.5 Å². The van der Waals surface area contributed by atoms with Gasteiger partial charge in [-0.2, -0.15) is 5.26 Å². The molecule has 2 aromatic rings. The van der Waals surface area contributed by atoms with Crippen molar-refractivity contribution in [1.29, 1.82) is 5.26 Å². The van der Waals surface area contributed by atoms with Gasteiger partial charge in [0, 0.05) is 64.5 Å². The van der Waals surface area contributed by atoms with Crippen molar-refractivity contribution in [3.8, 4) is 11.8 Å². The average Bonchev–Trinajstić information content (AvgIpc) is 3.18. The molecule has 2 aromatic carbocycles. The molecule has 38 heavy (non-hydrogen) atoms. The second-order valence-corrected chi connectivity index (χ2v) is 10.2. The molecule has 2 saturated heterocycles. The van der Waals surface area contributed by atoms with Crippen molar-refractivity contribution in [2.45, 2.75) is 25.2 Å². The second kappa shape index (κ2) is 14.4. The molecule has 9 nitrogen and oxygen atoms in total. The van der Waals surface area contributed by atoms with Crippen molar-refractivity contribution in [2.24, 2.45) is 0 Å². The molecule has 2 fully saturated rings. The van der Waals surface area contributed by atoms with Gasteiger partial charge in [-0.15, -0.1) is 0 Å². The fourth-order valence-corrected chi connectivity index (χ4v) is 5.33. The maximum atomic E-state index is 10.1. The van der Waals surface area contributed by atoms with Crippen LogP contribution in [0.15, 0.2) is 48.5 Å². The van der Waals surface area contributed by atoms with Gasteiger partial charge in [0.25, 0.3) is 0 Å². The number of nitrogens with zero attached hydrogens (tertiary/aromatic N) is 5. The Hall–Kier alpha value is -2.71. The number of para-hydroxylation sites is 2. The maximum absolute atomic E-state index is 10.1. The van der Waals surface area contributed by atoms with Crippen LogP contribution in [0.2, 0.25) is 0 Å². The van der Waals surface area contributed by atoms with Gasteiger partial charge in [0.05, 0.1) is 30.6 Å². The topological polar surface area (TPSA) is 107 Å². The van der Waals surface area contributed by atoms with E-state index in [0.29, 0.717) is 18.7 Å². The Bertz CT molecular complexity index is 1040. The lowest BCUT2D eigenvalue weighted by Gasteiger charge is -2.37. The molecule has 2 atom stereocenters. The maximum Gasteiger partial charge on any atom is 0.134 e. The molecule has 3 N–H and O–H groups in total. The molecule has 0 radical (unpaired) electrons. The Morgan fingerprint density at radius 2 is 1.45 bits per heavy atom. The largest absolute Gasteiger partial charge is 0.486 e. The van der Waals surface area contributed by atoms with E-state index in [4.69, 9.17) is 9.84 Å².